The molecule has 0 aliphatic rings. The minimum atomic E-state index is -0.251. The highest BCUT2D eigenvalue weighted by atomic mass is 19.1. The summed E-state index contributed by atoms with van der Waals surface area (Å²) >= 11 is 0. The van der Waals surface area contributed by atoms with Gasteiger partial charge in [0.05, 0.1) is 22.3 Å². The van der Waals surface area contributed by atoms with E-state index in [9.17, 15) is 4.39 Å². The van der Waals surface area contributed by atoms with E-state index in [2.05, 4.69) is 15.0 Å². The van der Waals surface area contributed by atoms with Crippen LogP contribution >= 0.6 is 0 Å². The van der Waals surface area contributed by atoms with Gasteiger partial charge in [-0.15, -0.1) is 0 Å². The van der Waals surface area contributed by atoms with E-state index in [0.29, 0.717) is 6.54 Å². The van der Waals surface area contributed by atoms with Crippen molar-refractivity contribution in [1.82, 2.24) is 19.5 Å². The average Bonchev–Trinajstić information content (AvgIpc) is 2.84. The van der Waals surface area contributed by atoms with Crippen LogP contribution in [0.15, 0.2) is 30.7 Å². The standard InChI is InChI=1S/C15H15FN4/c1-3-12-11(8-17-9-18-12)15-19-13-6-5-10(16)7-14(13)20(15)4-2/h5-9H,3-4H2,1-2H3. The minimum Gasteiger partial charge on any atom is -0.324 e. The first-order valence-corrected chi connectivity index (χ1v) is 6.69. The summed E-state index contributed by atoms with van der Waals surface area (Å²) in [7, 11) is 0. The summed E-state index contributed by atoms with van der Waals surface area (Å²) in [5.74, 6) is 0.546. The molecule has 0 unspecified atom stereocenters. The zero-order chi connectivity index (χ0) is 14.1. The van der Waals surface area contributed by atoms with E-state index in [1.165, 1.54) is 12.1 Å². The molecule has 5 heteroatoms. The van der Waals surface area contributed by atoms with Gasteiger partial charge >= 0.3 is 0 Å². The summed E-state index contributed by atoms with van der Waals surface area (Å²) in [5, 5.41) is 0. The molecule has 2 aromatic heterocycles. The lowest BCUT2D eigenvalue weighted by molar-refractivity contribution is 0.628. The Kier molecular flexibility index (Phi) is 3.18. The molecule has 4 nitrogen and oxygen atoms in total. The highest BCUT2D eigenvalue weighted by Gasteiger charge is 2.15. The lowest BCUT2D eigenvalue weighted by Crippen LogP contribution is -2.01. The first kappa shape index (κ1) is 12.7. The van der Waals surface area contributed by atoms with Gasteiger partial charge in [-0.3, -0.25) is 0 Å². The Balaban J connectivity index is 2.30. The van der Waals surface area contributed by atoms with Crippen LogP contribution in [-0.4, -0.2) is 19.5 Å². The van der Waals surface area contributed by atoms with E-state index in [1.54, 1.807) is 18.6 Å². The number of hydrogen-bond acceptors (Lipinski definition) is 3. The number of fused-ring (bicyclic) bond motifs is 1. The Morgan fingerprint density at radius 1 is 1.25 bits per heavy atom. The Bertz CT molecular complexity index is 764. The maximum atomic E-state index is 13.4. The molecule has 0 fully saturated rings. The molecule has 0 aliphatic heterocycles. The quantitative estimate of drug-likeness (QED) is 0.734. The molecule has 102 valence electrons. The van der Waals surface area contributed by atoms with Gasteiger partial charge in [-0.05, 0) is 31.5 Å². The van der Waals surface area contributed by atoms with Crippen LogP contribution in [0.3, 0.4) is 0 Å². The van der Waals surface area contributed by atoms with E-state index < -0.39 is 0 Å². The van der Waals surface area contributed by atoms with Crippen molar-refractivity contribution in [3.8, 4) is 11.4 Å². The minimum absolute atomic E-state index is 0.251. The predicted octanol–water partition coefficient (Wildman–Crippen LogP) is 3.21. The highest BCUT2D eigenvalue weighted by Crippen LogP contribution is 2.26. The third-order valence-corrected chi connectivity index (χ3v) is 3.40. The van der Waals surface area contributed by atoms with E-state index in [4.69, 9.17) is 0 Å². The maximum Gasteiger partial charge on any atom is 0.144 e. The molecule has 0 N–H and O–H groups in total. The summed E-state index contributed by atoms with van der Waals surface area (Å²) in [6.07, 6.45) is 4.12. The third kappa shape index (κ3) is 1.95. The van der Waals surface area contributed by atoms with Crippen molar-refractivity contribution in [2.75, 3.05) is 0 Å². The van der Waals surface area contributed by atoms with E-state index in [-0.39, 0.29) is 5.82 Å². The van der Waals surface area contributed by atoms with Crippen LogP contribution in [0.1, 0.15) is 19.5 Å². The molecule has 0 radical (unpaired) electrons. The number of rotatable bonds is 3. The molecule has 3 aromatic rings. The lowest BCUT2D eigenvalue weighted by Gasteiger charge is -2.08. The fraction of sp³-hybridized carbons (Fsp3) is 0.267. The summed E-state index contributed by atoms with van der Waals surface area (Å²) < 4.78 is 15.4. The Labute approximate surface area is 116 Å². The molecule has 2 heterocycles. The predicted molar refractivity (Wildman–Crippen MR) is 75.8 cm³/mol. The van der Waals surface area contributed by atoms with Gasteiger partial charge in [0.2, 0.25) is 0 Å². The van der Waals surface area contributed by atoms with Crippen molar-refractivity contribution in [3.05, 3.63) is 42.2 Å². The normalized spacial score (nSPS) is 11.2. The molecule has 0 atom stereocenters. The van der Waals surface area contributed by atoms with Crippen LogP contribution in [0.5, 0.6) is 0 Å². The molecule has 0 amide bonds. The van der Waals surface area contributed by atoms with E-state index in [1.807, 2.05) is 18.4 Å². The number of nitrogens with zero attached hydrogens (tertiary/aromatic N) is 4. The van der Waals surface area contributed by atoms with Gasteiger partial charge < -0.3 is 4.57 Å². The first-order valence-electron chi connectivity index (χ1n) is 6.69. The molecular weight excluding hydrogens is 255 g/mol. The summed E-state index contributed by atoms with van der Waals surface area (Å²) in [5.41, 5.74) is 3.45. The van der Waals surface area contributed by atoms with Gasteiger partial charge in [0.1, 0.15) is 18.0 Å². The largest absolute Gasteiger partial charge is 0.324 e. The van der Waals surface area contributed by atoms with Crippen molar-refractivity contribution >= 4 is 11.0 Å². The maximum absolute atomic E-state index is 13.4. The third-order valence-electron chi connectivity index (χ3n) is 3.40. The van der Waals surface area contributed by atoms with Gasteiger partial charge in [-0.2, -0.15) is 0 Å². The lowest BCUT2D eigenvalue weighted by atomic mass is 10.2. The second-order valence-corrected chi connectivity index (χ2v) is 4.55. The average molecular weight is 270 g/mol. The van der Waals surface area contributed by atoms with Gasteiger partial charge in [0.15, 0.2) is 0 Å². The number of imidazole rings is 1. The zero-order valence-corrected chi connectivity index (χ0v) is 11.5. The second-order valence-electron chi connectivity index (χ2n) is 4.55. The van der Waals surface area contributed by atoms with Crippen molar-refractivity contribution in [3.63, 3.8) is 0 Å². The first-order chi connectivity index (χ1) is 9.74. The Morgan fingerprint density at radius 3 is 2.85 bits per heavy atom. The van der Waals surface area contributed by atoms with Crippen LogP contribution in [0.2, 0.25) is 0 Å². The van der Waals surface area contributed by atoms with Crippen LogP contribution < -0.4 is 0 Å². The molecule has 1 aromatic carbocycles. The highest BCUT2D eigenvalue weighted by molar-refractivity contribution is 5.81. The molecule has 20 heavy (non-hydrogen) atoms. The SMILES string of the molecule is CCc1ncncc1-c1nc2ccc(F)cc2n1CC. The van der Waals surface area contributed by atoms with Gasteiger partial charge in [0, 0.05) is 12.7 Å². The molecule has 0 saturated heterocycles. The van der Waals surface area contributed by atoms with E-state index >= 15 is 0 Å². The fourth-order valence-electron chi connectivity index (χ4n) is 2.45. The molecule has 0 aliphatic carbocycles. The van der Waals surface area contributed by atoms with Crippen LogP contribution in [0.4, 0.5) is 4.39 Å². The molecular formula is C15H15FN4. The number of aromatic nitrogens is 4. The molecule has 3 rings (SSSR count). The van der Waals surface area contributed by atoms with Gasteiger partial charge in [-0.25, -0.2) is 19.3 Å². The summed E-state index contributed by atoms with van der Waals surface area (Å²) in [6.45, 7) is 4.78. The topological polar surface area (TPSA) is 43.6 Å². The van der Waals surface area contributed by atoms with Gasteiger partial charge in [-0.1, -0.05) is 6.92 Å². The van der Waals surface area contributed by atoms with Crippen LogP contribution in [0.25, 0.3) is 22.4 Å². The number of halogens is 1. The van der Waals surface area contributed by atoms with Crippen molar-refractivity contribution < 1.29 is 4.39 Å². The number of hydrogen-bond donors (Lipinski definition) is 0. The Morgan fingerprint density at radius 2 is 2.10 bits per heavy atom. The smallest absolute Gasteiger partial charge is 0.144 e. The van der Waals surface area contributed by atoms with Crippen molar-refractivity contribution in [1.29, 1.82) is 0 Å². The van der Waals surface area contributed by atoms with Crippen LogP contribution in [-0.2, 0) is 13.0 Å². The monoisotopic (exact) mass is 270 g/mol. The van der Waals surface area contributed by atoms with Crippen LogP contribution in [0, 0.1) is 5.82 Å². The van der Waals surface area contributed by atoms with Gasteiger partial charge in [0.25, 0.3) is 0 Å². The van der Waals surface area contributed by atoms with E-state index in [0.717, 1.165) is 34.5 Å². The summed E-state index contributed by atoms with van der Waals surface area (Å²) in [4.78, 5) is 13.0. The number of benzene rings is 1. The summed E-state index contributed by atoms with van der Waals surface area (Å²) in [6, 6.07) is 4.65. The van der Waals surface area contributed by atoms with Crippen molar-refractivity contribution in [2.45, 2.75) is 26.8 Å². The number of aryl methyl sites for hydroxylation is 2. The molecule has 0 spiro atoms. The zero-order valence-electron chi connectivity index (χ0n) is 11.5. The van der Waals surface area contributed by atoms with Crippen molar-refractivity contribution in [2.24, 2.45) is 0 Å². The second kappa shape index (κ2) is 5.00. The Hall–Kier alpha value is -2.30. The molecule has 0 bridgehead atoms. The fourth-order valence-corrected chi connectivity index (χ4v) is 2.45. The molecule has 0 saturated carbocycles.